The van der Waals surface area contributed by atoms with Crippen LogP contribution in [0.25, 0.3) is 22.3 Å². The summed E-state index contributed by atoms with van der Waals surface area (Å²) in [5.74, 6) is -5.67. The van der Waals surface area contributed by atoms with Gasteiger partial charge >= 0.3 is 6.11 Å². The highest BCUT2D eigenvalue weighted by atomic mass is 19.3. The number of ether oxygens (including phenoxy) is 1. The van der Waals surface area contributed by atoms with Crippen LogP contribution in [0, 0.1) is 29.2 Å². The molecule has 242 valence electrons. The first-order valence-corrected chi connectivity index (χ1v) is 15.2. The van der Waals surface area contributed by atoms with E-state index < -0.39 is 52.7 Å². The maximum Gasteiger partial charge on any atom is 0.432 e. The van der Waals surface area contributed by atoms with Crippen molar-refractivity contribution in [3.05, 3.63) is 125 Å². The highest BCUT2D eigenvalue weighted by Crippen LogP contribution is 2.40. The van der Waals surface area contributed by atoms with E-state index >= 15 is 4.39 Å². The predicted molar refractivity (Wildman–Crippen MR) is 162 cm³/mol. The van der Waals surface area contributed by atoms with Gasteiger partial charge in [-0.2, -0.15) is 8.78 Å². The molecule has 4 aromatic carbocycles. The lowest BCUT2D eigenvalue weighted by molar-refractivity contribution is -0.189. The predicted octanol–water partition coefficient (Wildman–Crippen LogP) is 12.3. The number of allylic oxidation sites excluding steroid dienone is 2. The zero-order valence-corrected chi connectivity index (χ0v) is 25.0. The van der Waals surface area contributed by atoms with Crippen LogP contribution in [0.15, 0.2) is 84.9 Å². The highest BCUT2D eigenvalue weighted by Gasteiger charge is 2.41. The fourth-order valence-corrected chi connectivity index (χ4v) is 5.93. The molecule has 0 unspecified atom stereocenters. The quantitative estimate of drug-likeness (QED) is 0.123. The Morgan fingerprint density at radius 3 is 1.96 bits per heavy atom. The molecule has 0 radical (unpaired) electrons. The second kappa shape index (κ2) is 14.1. The van der Waals surface area contributed by atoms with Crippen LogP contribution in [-0.4, -0.2) is 0 Å². The first kappa shape index (κ1) is 33.2. The van der Waals surface area contributed by atoms with E-state index in [2.05, 4.69) is 23.8 Å². The van der Waals surface area contributed by atoms with Crippen molar-refractivity contribution in [3.63, 3.8) is 0 Å². The van der Waals surface area contributed by atoms with Crippen molar-refractivity contribution in [1.82, 2.24) is 0 Å². The van der Waals surface area contributed by atoms with E-state index in [1.807, 2.05) is 24.3 Å². The van der Waals surface area contributed by atoms with E-state index in [1.54, 1.807) is 6.07 Å². The van der Waals surface area contributed by atoms with E-state index in [0.29, 0.717) is 41.7 Å². The summed E-state index contributed by atoms with van der Waals surface area (Å²) in [6, 6.07) is 14.5. The Morgan fingerprint density at radius 2 is 1.37 bits per heavy atom. The summed E-state index contributed by atoms with van der Waals surface area (Å²) in [5.41, 5.74) is -0.907. The van der Waals surface area contributed by atoms with Gasteiger partial charge in [-0.05, 0) is 96.5 Å². The van der Waals surface area contributed by atoms with E-state index in [9.17, 15) is 30.7 Å². The number of unbranched alkanes of at least 4 members (excludes halogenated alkanes) is 1. The van der Waals surface area contributed by atoms with Gasteiger partial charge in [0.25, 0.3) is 6.43 Å². The summed E-state index contributed by atoms with van der Waals surface area (Å²) in [6.07, 6.45) is 3.49. The summed E-state index contributed by atoms with van der Waals surface area (Å²) in [5, 5.41) is 0. The smallest absolute Gasteiger partial charge is 0.429 e. The lowest BCUT2D eigenvalue weighted by Gasteiger charge is -2.27. The van der Waals surface area contributed by atoms with Crippen molar-refractivity contribution in [2.75, 3.05) is 0 Å². The number of alkyl halides is 4. The molecule has 1 fully saturated rings. The first-order chi connectivity index (χ1) is 22.0. The van der Waals surface area contributed by atoms with Crippen molar-refractivity contribution in [3.8, 4) is 28.0 Å². The Bertz CT molecular complexity index is 1670. The Hall–Kier alpha value is -4.14. The van der Waals surface area contributed by atoms with Gasteiger partial charge in [0.2, 0.25) is 0 Å². The van der Waals surface area contributed by atoms with Gasteiger partial charge in [0.15, 0.2) is 0 Å². The number of benzene rings is 4. The van der Waals surface area contributed by atoms with Crippen molar-refractivity contribution in [2.45, 2.75) is 63.9 Å². The molecule has 0 aliphatic heterocycles. The largest absolute Gasteiger partial charge is 0.432 e. The molecule has 0 bridgehead atoms. The fraction of sp³-hybridized carbons (Fsp3) is 0.297. The summed E-state index contributed by atoms with van der Waals surface area (Å²) >= 11 is 0. The molecule has 0 atom stereocenters. The minimum Gasteiger partial charge on any atom is -0.429 e. The molecule has 1 aliphatic rings. The standard InChI is InChI=1S/C37H32F8O/c1-2-3-4-5-22-6-8-23(9-7-22)24-10-12-25(13-11-24)26-14-16-29(31(38)18-26)27-19-33(40)35(34(41)20-27)37(44,45)46-28-15-17-30(36(42)43)32(39)21-28/h4-5,10-23,36H,2-3,6-9H2,1H3. The van der Waals surface area contributed by atoms with Gasteiger partial charge in [0, 0.05) is 11.6 Å². The van der Waals surface area contributed by atoms with Crippen molar-refractivity contribution in [1.29, 1.82) is 0 Å². The molecule has 1 saturated carbocycles. The Labute approximate surface area is 262 Å². The third kappa shape index (κ3) is 7.45. The number of halogens is 8. The molecule has 0 heterocycles. The van der Waals surface area contributed by atoms with Crippen LogP contribution < -0.4 is 4.74 Å². The molecule has 1 nitrogen and oxygen atoms in total. The van der Waals surface area contributed by atoms with E-state index in [0.717, 1.165) is 44.1 Å². The third-order valence-corrected chi connectivity index (χ3v) is 8.42. The molecule has 46 heavy (non-hydrogen) atoms. The molecule has 9 heteroatoms. The summed E-state index contributed by atoms with van der Waals surface area (Å²) in [7, 11) is 0. The summed E-state index contributed by atoms with van der Waals surface area (Å²) < 4.78 is 118. The first-order valence-electron chi connectivity index (χ1n) is 15.2. The topological polar surface area (TPSA) is 9.23 Å². The van der Waals surface area contributed by atoms with Crippen LogP contribution >= 0.6 is 0 Å². The zero-order valence-electron chi connectivity index (χ0n) is 25.0. The molecule has 4 aromatic rings. The molecule has 0 N–H and O–H groups in total. The van der Waals surface area contributed by atoms with Crippen LogP contribution in [0.2, 0.25) is 0 Å². The Morgan fingerprint density at radius 1 is 0.739 bits per heavy atom. The van der Waals surface area contributed by atoms with Gasteiger partial charge in [0.1, 0.15) is 34.6 Å². The molecular weight excluding hydrogens is 612 g/mol. The van der Waals surface area contributed by atoms with Gasteiger partial charge in [0.05, 0.1) is 5.56 Å². The fourth-order valence-electron chi connectivity index (χ4n) is 5.93. The number of rotatable bonds is 10. The number of hydrogen-bond donors (Lipinski definition) is 0. The average Bonchev–Trinajstić information content (AvgIpc) is 3.00. The molecule has 1 aliphatic carbocycles. The van der Waals surface area contributed by atoms with Gasteiger partial charge in [-0.3, -0.25) is 0 Å². The van der Waals surface area contributed by atoms with Crippen molar-refractivity contribution >= 4 is 0 Å². The Balaban J connectivity index is 1.30. The molecule has 0 saturated heterocycles. The van der Waals surface area contributed by atoms with Gasteiger partial charge in [-0.15, -0.1) is 0 Å². The SMILES string of the molecule is CCCC=CC1CCC(c2ccc(-c3ccc(-c4cc(F)c(C(F)(F)Oc5ccc(C(F)F)c(F)c5)c(F)c4)c(F)c3)cc2)CC1. The summed E-state index contributed by atoms with van der Waals surface area (Å²) in [6.45, 7) is 2.16. The normalized spacial score (nSPS) is 17.2. The third-order valence-electron chi connectivity index (χ3n) is 8.42. The lowest BCUT2D eigenvalue weighted by Crippen LogP contribution is -2.25. The van der Waals surface area contributed by atoms with E-state index in [4.69, 9.17) is 0 Å². The van der Waals surface area contributed by atoms with Crippen LogP contribution in [0.3, 0.4) is 0 Å². The van der Waals surface area contributed by atoms with Crippen LogP contribution in [0.1, 0.15) is 74.5 Å². The molecule has 0 aromatic heterocycles. The monoisotopic (exact) mass is 644 g/mol. The van der Waals surface area contributed by atoms with Gasteiger partial charge < -0.3 is 4.74 Å². The maximum atomic E-state index is 15.2. The van der Waals surface area contributed by atoms with Crippen LogP contribution in [0.4, 0.5) is 35.1 Å². The zero-order chi connectivity index (χ0) is 33.0. The highest BCUT2D eigenvalue weighted by molar-refractivity contribution is 5.71. The van der Waals surface area contributed by atoms with Crippen LogP contribution in [0.5, 0.6) is 5.75 Å². The molecule has 0 amide bonds. The number of hydrogen-bond acceptors (Lipinski definition) is 1. The molecular formula is C37H32F8O. The lowest BCUT2D eigenvalue weighted by atomic mass is 9.78. The van der Waals surface area contributed by atoms with Crippen molar-refractivity contribution < 1.29 is 39.9 Å². The average molecular weight is 645 g/mol. The molecule has 0 spiro atoms. The summed E-state index contributed by atoms with van der Waals surface area (Å²) in [4.78, 5) is 0. The minimum atomic E-state index is -4.65. The second-order valence-corrected chi connectivity index (χ2v) is 11.6. The van der Waals surface area contributed by atoms with Gasteiger partial charge in [-0.1, -0.05) is 61.9 Å². The second-order valence-electron chi connectivity index (χ2n) is 11.6. The van der Waals surface area contributed by atoms with Gasteiger partial charge in [-0.25, -0.2) is 26.3 Å². The molecule has 5 rings (SSSR count). The maximum absolute atomic E-state index is 15.2. The van der Waals surface area contributed by atoms with E-state index in [1.165, 1.54) is 17.7 Å². The minimum absolute atomic E-state index is 0.219. The van der Waals surface area contributed by atoms with E-state index in [-0.39, 0.29) is 17.2 Å². The van der Waals surface area contributed by atoms with Crippen LogP contribution in [-0.2, 0) is 6.11 Å². The van der Waals surface area contributed by atoms with Crippen molar-refractivity contribution in [2.24, 2.45) is 5.92 Å². The Kier molecular flexibility index (Phi) is 10.2.